The number of thioether (sulfide) groups is 1. The molecule has 2 aromatic heterocycles. The Morgan fingerprint density at radius 3 is 3.15 bits per heavy atom. The summed E-state index contributed by atoms with van der Waals surface area (Å²) in [5, 5.41) is 10.1. The predicted molar refractivity (Wildman–Crippen MR) is 103 cm³/mol. The summed E-state index contributed by atoms with van der Waals surface area (Å²) in [6.45, 7) is 2.54. The van der Waals surface area contributed by atoms with Crippen LogP contribution in [0.15, 0.2) is 22.6 Å². The number of amidine groups is 1. The number of nitrogens with zero attached hydrogens (tertiary/aromatic N) is 4. The summed E-state index contributed by atoms with van der Waals surface area (Å²) in [6.07, 6.45) is 2.84. The van der Waals surface area contributed by atoms with Crippen LogP contribution in [-0.4, -0.2) is 44.3 Å². The van der Waals surface area contributed by atoms with E-state index in [1.54, 1.807) is 35.8 Å². The molecule has 1 unspecified atom stereocenters. The lowest BCUT2D eigenvalue weighted by Crippen LogP contribution is -2.49. The van der Waals surface area contributed by atoms with E-state index in [0.717, 1.165) is 17.2 Å². The van der Waals surface area contributed by atoms with Crippen LogP contribution in [0.2, 0.25) is 0 Å². The Bertz CT molecular complexity index is 863. The fourth-order valence-corrected chi connectivity index (χ4v) is 5.30. The maximum Gasteiger partial charge on any atom is 0.277 e. The number of carbonyl (C=O) groups is 1. The number of nitrogens with two attached hydrogens (primary N) is 1. The molecule has 2 aliphatic heterocycles. The molecular formula is C16H20N6O2S2. The Kier molecular flexibility index (Phi) is 4.49. The van der Waals surface area contributed by atoms with E-state index in [4.69, 9.17) is 15.5 Å². The summed E-state index contributed by atoms with van der Waals surface area (Å²) >= 11 is 3.06. The topological polar surface area (TPSA) is 107 Å². The molecule has 3 N–H and O–H groups in total. The van der Waals surface area contributed by atoms with Crippen LogP contribution in [0, 0.1) is 5.92 Å². The first-order valence-corrected chi connectivity index (χ1v) is 10.2. The fraction of sp³-hybridized carbons (Fsp3) is 0.500. The van der Waals surface area contributed by atoms with E-state index >= 15 is 0 Å². The van der Waals surface area contributed by atoms with Gasteiger partial charge in [0.05, 0.1) is 12.7 Å². The van der Waals surface area contributed by atoms with Gasteiger partial charge in [0.25, 0.3) is 5.91 Å². The second-order valence-corrected chi connectivity index (χ2v) is 8.50. The molecule has 0 spiro atoms. The minimum Gasteiger partial charge on any atom is -0.379 e. The van der Waals surface area contributed by atoms with Crippen LogP contribution in [0.3, 0.4) is 0 Å². The first-order chi connectivity index (χ1) is 12.5. The summed E-state index contributed by atoms with van der Waals surface area (Å²) in [5.41, 5.74) is 5.81. The van der Waals surface area contributed by atoms with Crippen molar-refractivity contribution in [2.45, 2.75) is 25.0 Å². The van der Waals surface area contributed by atoms with Crippen molar-refractivity contribution in [2.75, 3.05) is 17.7 Å². The number of thiazole rings is 1. The number of carbonyl (C=O) groups excluding carboxylic acids is 1. The van der Waals surface area contributed by atoms with Gasteiger partial charge in [-0.2, -0.15) is 5.10 Å². The molecule has 2 aliphatic rings. The van der Waals surface area contributed by atoms with Crippen LogP contribution in [-0.2, 0) is 17.3 Å². The highest BCUT2D eigenvalue weighted by Gasteiger charge is 2.49. The Labute approximate surface area is 159 Å². The molecule has 0 aromatic carbocycles. The monoisotopic (exact) mass is 392 g/mol. The fourth-order valence-electron chi connectivity index (χ4n) is 3.33. The number of amides is 1. The number of aryl methyl sites for hydroxylation is 1. The second-order valence-electron chi connectivity index (χ2n) is 6.61. The molecule has 1 saturated heterocycles. The highest BCUT2D eigenvalue weighted by atomic mass is 32.2. The Morgan fingerprint density at radius 1 is 1.54 bits per heavy atom. The number of ether oxygens (including phenoxy) is 1. The minimum absolute atomic E-state index is 0.200. The summed E-state index contributed by atoms with van der Waals surface area (Å²) in [7, 11) is 1.77. The van der Waals surface area contributed by atoms with Crippen LogP contribution >= 0.6 is 23.1 Å². The molecule has 26 heavy (non-hydrogen) atoms. The molecule has 4 rings (SSSR count). The van der Waals surface area contributed by atoms with Gasteiger partial charge in [-0.15, -0.1) is 11.3 Å². The number of nitrogens with one attached hydrogen (secondary N) is 1. The molecule has 1 amide bonds. The van der Waals surface area contributed by atoms with Crippen LogP contribution in [0.25, 0.3) is 0 Å². The van der Waals surface area contributed by atoms with Crippen LogP contribution in [0.4, 0.5) is 5.82 Å². The molecule has 0 aliphatic carbocycles. The largest absolute Gasteiger partial charge is 0.379 e. The first-order valence-electron chi connectivity index (χ1n) is 8.33. The van der Waals surface area contributed by atoms with Crippen molar-refractivity contribution in [3.63, 3.8) is 0 Å². The van der Waals surface area contributed by atoms with Gasteiger partial charge in [0.1, 0.15) is 16.4 Å². The Morgan fingerprint density at radius 2 is 2.38 bits per heavy atom. The lowest BCUT2D eigenvalue weighted by Gasteiger charge is -2.44. The second kappa shape index (κ2) is 6.67. The lowest BCUT2D eigenvalue weighted by molar-refractivity contribution is -0.0466. The zero-order valence-corrected chi connectivity index (χ0v) is 16.1. The van der Waals surface area contributed by atoms with Crippen LogP contribution in [0.1, 0.15) is 28.8 Å². The van der Waals surface area contributed by atoms with Gasteiger partial charge < -0.3 is 15.8 Å². The van der Waals surface area contributed by atoms with Crippen molar-refractivity contribution in [3.05, 3.63) is 28.3 Å². The van der Waals surface area contributed by atoms with Gasteiger partial charge in [-0.25, -0.2) is 9.98 Å². The van der Waals surface area contributed by atoms with E-state index in [-0.39, 0.29) is 12.0 Å². The van der Waals surface area contributed by atoms with Crippen molar-refractivity contribution >= 4 is 40.0 Å². The number of hydrogen-bond acceptors (Lipinski definition) is 8. The van der Waals surface area contributed by atoms with Gasteiger partial charge in [0, 0.05) is 30.3 Å². The standard InChI is InChI=1S/C16H20N6O2S2/c1-9-5-10-6-26-15(17)20-16(10,8-24-9)14-19-12(7-25-14)18-13(23)11-3-4-22(2)21-11/h3-4,7,9-10H,5-6,8H2,1-2H3,(H2,17,20)(H,18,23)/t9-,10-,16?/m0/s1. The third-order valence-corrected chi connectivity index (χ3v) is 6.65. The summed E-state index contributed by atoms with van der Waals surface area (Å²) < 4.78 is 7.50. The SMILES string of the molecule is C[C@H]1C[C@H]2CSC(N)=NC2(c2nc(NC(=O)c3ccn(C)n3)cs2)CO1. The predicted octanol–water partition coefficient (Wildman–Crippen LogP) is 1.81. The third-order valence-electron chi connectivity index (χ3n) is 4.68. The molecule has 1 fully saturated rings. The smallest absolute Gasteiger partial charge is 0.277 e. The van der Waals surface area contributed by atoms with E-state index in [9.17, 15) is 4.79 Å². The van der Waals surface area contributed by atoms with Gasteiger partial charge in [-0.05, 0) is 19.4 Å². The van der Waals surface area contributed by atoms with Crippen molar-refractivity contribution in [2.24, 2.45) is 23.7 Å². The molecule has 4 heterocycles. The average molecular weight is 393 g/mol. The maximum atomic E-state index is 12.3. The molecule has 0 bridgehead atoms. The highest BCUT2D eigenvalue weighted by Crippen LogP contribution is 2.46. The quantitative estimate of drug-likeness (QED) is 0.825. The molecule has 0 saturated carbocycles. The van der Waals surface area contributed by atoms with E-state index in [1.165, 1.54) is 11.3 Å². The average Bonchev–Trinajstić information content (AvgIpc) is 3.24. The summed E-state index contributed by atoms with van der Waals surface area (Å²) in [6, 6.07) is 1.66. The van der Waals surface area contributed by atoms with E-state index in [2.05, 4.69) is 22.3 Å². The van der Waals surface area contributed by atoms with Gasteiger partial charge >= 0.3 is 0 Å². The third kappa shape index (κ3) is 3.12. The van der Waals surface area contributed by atoms with Gasteiger partial charge in [-0.3, -0.25) is 9.48 Å². The molecule has 3 atom stereocenters. The number of fused-ring (bicyclic) bond motifs is 1. The van der Waals surface area contributed by atoms with Gasteiger partial charge in [0.2, 0.25) is 0 Å². The molecule has 8 nitrogen and oxygen atoms in total. The Balaban J connectivity index is 1.59. The van der Waals surface area contributed by atoms with Gasteiger partial charge in [0.15, 0.2) is 10.9 Å². The lowest BCUT2D eigenvalue weighted by atomic mass is 9.80. The summed E-state index contributed by atoms with van der Waals surface area (Å²) in [5.74, 6) is 1.43. The maximum absolute atomic E-state index is 12.3. The first kappa shape index (κ1) is 17.5. The molecule has 10 heteroatoms. The highest BCUT2D eigenvalue weighted by molar-refractivity contribution is 8.13. The van der Waals surface area contributed by atoms with E-state index < -0.39 is 5.54 Å². The zero-order valence-electron chi connectivity index (χ0n) is 14.5. The van der Waals surface area contributed by atoms with Crippen LogP contribution in [0.5, 0.6) is 0 Å². The normalized spacial score (nSPS) is 28.3. The zero-order chi connectivity index (χ0) is 18.3. The van der Waals surface area contributed by atoms with Crippen LogP contribution < -0.4 is 11.1 Å². The van der Waals surface area contributed by atoms with Crippen molar-refractivity contribution in [1.82, 2.24) is 14.8 Å². The Hall–Kier alpha value is -1.91. The molecule has 138 valence electrons. The molecular weight excluding hydrogens is 372 g/mol. The number of hydrogen-bond donors (Lipinski definition) is 2. The van der Waals surface area contributed by atoms with E-state index in [1.807, 2.05) is 5.38 Å². The molecule has 2 aromatic rings. The number of rotatable bonds is 3. The van der Waals surface area contributed by atoms with Gasteiger partial charge in [-0.1, -0.05) is 11.8 Å². The minimum atomic E-state index is -0.555. The summed E-state index contributed by atoms with van der Waals surface area (Å²) in [4.78, 5) is 21.7. The molecule has 0 radical (unpaired) electrons. The van der Waals surface area contributed by atoms with Crippen molar-refractivity contribution < 1.29 is 9.53 Å². The number of aliphatic imine (C=N–C) groups is 1. The number of anilines is 1. The number of aromatic nitrogens is 3. The van der Waals surface area contributed by atoms with E-state index in [0.29, 0.717) is 29.2 Å². The van der Waals surface area contributed by atoms with Crippen molar-refractivity contribution in [1.29, 1.82) is 0 Å². The van der Waals surface area contributed by atoms with Crippen molar-refractivity contribution in [3.8, 4) is 0 Å².